The van der Waals surface area contributed by atoms with Crippen LogP contribution in [0.3, 0.4) is 0 Å². The predicted molar refractivity (Wildman–Crippen MR) is 102 cm³/mol. The lowest BCUT2D eigenvalue weighted by molar-refractivity contribution is -0.111. The Kier molecular flexibility index (Phi) is 6.71. The molecule has 2 N–H and O–H groups in total. The van der Waals surface area contributed by atoms with Gasteiger partial charge in [0.2, 0.25) is 15.9 Å². The zero-order valence-electron chi connectivity index (χ0n) is 14.3. The Labute approximate surface area is 153 Å². The van der Waals surface area contributed by atoms with Crippen molar-refractivity contribution in [2.24, 2.45) is 0 Å². The third-order valence-electron chi connectivity index (χ3n) is 3.38. The summed E-state index contributed by atoms with van der Waals surface area (Å²) < 4.78 is 30.9. The maximum Gasteiger partial charge on any atom is 0.248 e. The van der Waals surface area contributed by atoms with E-state index < -0.39 is 10.0 Å². The van der Waals surface area contributed by atoms with Gasteiger partial charge < -0.3 is 10.1 Å². The fraction of sp³-hybridized carbons (Fsp3) is 0.105. The van der Waals surface area contributed by atoms with Gasteiger partial charge in [0.1, 0.15) is 12.4 Å². The minimum absolute atomic E-state index is 0.132. The van der Waals surface area contributed by atoms with E-state index in [4.69, 9.17) is 4.74 Å². The molecule has 0 fully saturated rings. The molecule has 0 saturated heterocycles. The number of hydrogen-bond donors (Lipinski definition) is 2. The number of sulfonamides is 1. The first kappa shape index (κ1) is 19.4. The highest BCUT2D eigenvalue weighted by atomic mass is 32.2. The lowest BCUT2D eigenvalue weighted by Crippen LogP contribution is -2.18. The normalized spacial score (nSPS) is 11.3. The van der Waals surface area contributed by atoms with Gasteiger partial charge in [-0.3, -0.25) is 4.79 Å². The second-order valence-electron chi connectivity index (χ2n) is 5.22. The van der Waals surface area contributed by atoms with E-state index in [0.717, 1.165) is 11.3 Å². The SMILES string of the molecule is C=CCOc1ccc(/C=C/C(=O)Nc2ccc(S(=O)(=O)NC)cc2)cc1. The van der Waals surface area contributed by atoms with E-state index >= 15 is 0 Å². The van der Waals surface area contributed by atoms with Crippen molar-refractivity contribution < 1.29 is 17.9 Å². The van der Waals surface area contributed by atoms with E-state index in [1.807, 2.05) is 24.3 Å². The van der Waals surface area contributed by atoms with Gasteiger partial charge in [0.05, 0.1) is 4.90 Å². The third kappa shape index (κ3) is 5.58. The fourth-order valence-electron chi connectivity index (χ4n) is 2.02. The summed E-state index contributed by atoms with van der Waals surface area (Å²) in [7, 11) is -2.15. The Morgan fingerprint density at radius 3 is 2.35 bits per heavy atom. The molecule has 0 spiro atoms. The Balaban J connectivity index is 1.95. The van der Waals surface area contributed by atoms with E-state index in [0.29, 0.717) is 12.3 Å². The van der Waals surface area contributed by atoms with Crippen molar-refractivity contribution in [1.29, 1.82) is 0 Å². The number of ether oxygens (including phenoxy) is 1. The molecule has 0 aliphatic rings. The molecule has 0 saturated carbocycles. The van der Waals surface area contributed by atoms with E-state index in [2.05, 4.69) is 16.6 Å². The van der Waals surface area contributed by atoms with Crippen LogP contribution in [-0.2, 0) is 14.8 Å². The van der Waals surface area contributed by atoms with Crippen LogP contribution in [0.4, 0.5) is 5.69 Å². The molecule has 0 heterocycles. The molecule has 0 radical (unpaired) electrons. The average Bonchev–Trinajstić information content (AvgIpc) is 2.66. The molecule has 2 aromatic rings. The van der Waals surface area contributed by atoms with E-state index in [9.17, 15) is 13.2 Å². The Bertz CT molecular complexity index is 886. The Morgan fingerprint density at radius 2 is 1.77 bits per heavy atom. The molecule has 7 heteroatoms. The molecular formula is C19H20N2O4S. The van der Waals surface area contributed by atoms with Crippen LogP contribution < -0.4 is 14.8 Å². The molecule has 0 aliphatic heterocycles. The summed E-state index contributed by atoms with van der Waals surface area (Å²) in [4.78, 5) is 12.1. The number of carbonyl (C=O) groups excluding carboxylic acids is 1. The van der Waals surface area contributed by atoms with Gasteiger partial charge in [-0.25, -0.2) is 13.1 Å². The van der Waals surface area contributed by atoms with Gasteiger partial charge in [-0.1, -0.05) is 24.8 Å². The number of hydrogen-bond acceptors (Lipinski definition) is 4. The lowest BCUT2D eigenvalue weighted by Gasteiger charge is -2.05. The predicted octanol–water partition coefficient (Wildman–Crippen LogP) is 2.81. The lowest BCUT2D eigenvalue weighted by atomic mass is 10.2. The second-order valence-corrected chi connectivity index (χ2v) is 7.11. The zero-order chi connectivity index (χ0) is 19.0. The van der Waals surface area contributed by atoms with E-state index in [1.54, 1.807) is 12.2 Å². The van der Waals surface area contributed by atoms with Gasteiger partial charge in [0, 0.05) is 11.8 Å². The minimum Gasteiger partial charge on any atom is -0.490 e. The van der Waals surface area contributed by atoms with Gasteiger partial charge in [0.25, 0.3) is 0 Å². The first-order chi connectivity index (χ1) is 12.4. The smallest absolute Gasteiger partial charge is 0.248 e. The standard InChI is InChI=1S/C19H20N2O4S/c1-3-14-25-17-9-4-15(5-10-17)6-13-19(22)21-16-7-11-18(12-8-16)26(23,24)20-2/h3-13,20H,1,14H2,2H3,(H,21,22)/b13-6+. The monoisotopic (exact) mass is 372 g/mol. The summed E-state index contributed by atoms with van der Waals surface area (Å²) in [6.07, 6.45) is 4.74. The first-order valence-electron chi connectivity index (χ1n) is 7.81. The zero-order valence-corrected chi connectivity index (χ0v) is 15.1. The highest BCUT2D eigenvalue weighted by molar-refractivity contribution is 7.89. The van der Waals surface area contributed by atoms with Crippen molar-refractivity contribution in [1.82, 2.24) is 4.72 Å². The number of benzene rings is 2. The minimum atomic E-state index is -3.49. The molecule has 2 aromatic carbocycles. The van der Waals surface area contributed by atoms with Gasteiger partial charge in [-0.2, -0.15) is 0 Å². The Hall–Kier alpha value is -2.90. The van der Waals surface area contributed by atoms with Crippen molar-refractivity contribution >= 4 is 27.7 Å². The summed E-state index contributed by atoms with van der Waals surface area (Å²) in [5.74, 6) is 0.407. The summed E-state index contributed by atoms with van der Waals surface area (Å²) in [5, 5.41) is 2.67. The molecule has 26 heavy (non-hydrogen) atoms. The maximum absolute atomic E-state index is 12.0. The highest BCUT2D eigenvalue weighted by Crippen LogP contribution is 2.15. The molecule has 6 nitrogen and oxygen atoms in total. The molecule has 0 bridgehead atoms. The molecule has 1 amide bonds. The van der Waals surface area contributed by atoms with Crippen molar-refractivity contribution in [2.45, 2.75) is 4.90 Å². The van der Waals surface area contributed by atoms with Crippen LogP contribution in [0.1, 0.15) is 5.56 Å². The van der Waals surface area contributed by atoms with Crippen LogP contribution in [0.15, 0.2) is 72.2 Å². The van der Waals surface area contributed by atoms with Crippen LogP contribution >= 0.6 is 0 Å². The van der Waals surface area contributed by atoms with Gasteiger partial charge in [0.15, 0.2) is 0 Å². The molecule has 0 aliphatic carbocycles. The van der Waals surface area contributed by atoms with Gasteiger partial charge in [-0.15, -0.1) is 0 Å². The highest BCUT2D eigenvalue weighted by Gasteiger charge is 2.10. The number of anilines is 1. The van der Waals surface area contributed by atoms with Crippen molar-refractivity contribution in [2.75, 3.05) is 19.0 Å². The van der Waals surface area contributed by atoms with Crippen LogP contribution in [0.2, 0.25) is 0 Å². The van der Waals surface area contributed by atoms with Crippen molar-refractivity contribution in [3.8, 4) is 5.75 Å². The first-order valence-corrected chi connectivity index (χ1v) is 9.29. The average molecular weight is 372 g/mol. The summed E-state index contributed by atoms with van der Waals surface area (Å²) in [6, 6.07) is 13.2. The number of rotatable bonds is 8. The van der Waals surface area contributed by atoms with E-state index in [1.165, 1.54) is 37.4 Å². The Morgan fingerprint density at radius 1 is 1.12 bits per heavy atom. The van der Waals surface area contributed by atoms with Gasteiger partial charge in [-0.05, 0) is 55.1 Å². The summed E-state index contributed by atoms with van der Waals surface area (Å²) in [6.45, 7) is 4.02. The van der Waals surface area contributed by atoms with Crippen LogP contribution in [-0.4, -0.2) is 28.0 Å². The quantitative estimate of drug-likeness (QED) is 0.551. The van der Waals surface area contributed by atoms with Crippen LogP contribution in [0.25, 0.3) is 6.08 Å². The van der Waals surface area contributed by atoms with Crippen molar-refractivity contribution in [3.63, 3.8) is 0 Å². The summed E-state index contributed by atoms with van der Waals surface area (Å²) >= 11 is 0. The van der Waals surface area contributed by atoms with Crippen LogP contribution in [0, 0.1) is 0 Å². The largest absolute Gasteiger partial charge is 0.490 e. The molecule has 0 atom stereocenters. The molecule has 0 unspecified atom stereocenters. The number of nitrogens with one attached hydrogen (secondary N) is 2. The second kappa shape index (κ2) is 8.98. The van der Waals surface area contributed by atoms with Gasteiger partial charge >= 0.3 is 0 Å². The third-order valence-corrected chi connectivity index (χ3v) is 4.81. The topological polar surface area (TPSA) is 84.5 Å². The fourth-order valence-corrected chi connectivity index (χ4v) is 2.75. The number of amides is 1. The molecular weight excluding hydrogens is 352 g/mol. The molecule has 136 valence electrons. The maximum atomic E-state index is 12.0. The van der Waals surface area contributed by atoms with Crippen molar-refractivity contribution in [3.05, 3.63) is 72.8 Å². The summed E-state index contributed by atoms with van der Waals surface area (Å²) in [5.41, 5.74) is 1.35. The molecule has 2 rings (SSSR count). The van der Waals surface area contributed by atoms with Crippen LogP contribution in [0.5, 0.6) is 5.75 Å². The van der Waals surface area contributed by atoms with E-state index in [-0.39, 0.29) is 10.8 Å². The number of carbonyl (C=O) groups is 1. The molecule has 0 aromatic heterocycles.